The van der Waals surface area contributed by atoms with Gasteiger partial charge in [-0.05, 0) is 17.7 Å². The Hall–Kier alpha value is -3.06. The van der Waals surface area contributed by atoms with Crippen LogP contribution >= 0.6 is 0 Å². The number of fused-ring (bicyclic) bond motifs is 1. The van der Waals surface area contributed by atoms with E-state index in [1.54, 1.807) is 12.4 Å². The molecule has 0 saturated carbocycles. The molecule has 0 aliphatic carbocycles. The zero-order valence-corrected chi connectivity index (χ0v) is 15.5. The van der Waals surface area contributed by atoms with Gasteiger partial charge >= 0.3 is 0 Å². The van der Waals surface area contributed by atoms with Gasteiger partial charge in [0.2, 0.25) is 0 Å². The quantitative estimate of drug-likeness (QED) is 0.763. The SMILES string of the molecule is CN(C)c1ccc(CN2CCc3nc(-c4cncnc4)[nH]c(=O)c3C2)cc1. The van der Waals surface area contributed by atoms with E-state index in [2.05, 4.69) is 54.0 Å². The van der Waals surface area contributed by atoms with Crippen LogP contribution in [0, 0.1) is 0 Å². The van der Waals surface area contributed by atoms with Crippen molar-refractivity contribution in [2.24, 2.45) is 0 Å². The van der Waals surface area contributed by atoms with Crippen molar-refractivity contribution in [1.82, 2.24) is 24.8 Å². The van der Waals surface area contributed by atoms with Crippen LogP contribution in [0.15, 0.2) is 47.8 Å². The molecule has 1 aliphatic rings. The topological polar surface area (TPSA) is 78.0 Å². The Morgan fingerprint density at radius 2 is 1.89 bits per heavy atom. The Morgan fingerprint density at radius 3 is 2.59 bits per heavy atom. The predicted octanol–water partition coefficient (Wildman–Crippen LogP) is 1.85. The monoisotopic (exact) mass is 362 g/mol. The molecule has 4 rings (SSSR count). The molecule has 0 saturated heterocycles. The third-order valence-corrected chi connectivity index (χ3v) is 4.84. The minimum absolute atomic E-state index is 0.0773. The highest BCUT2D eigenvalue weighted by atomic mass is 16.1. The molecule has 1 aromatic carbocycles. The Morgan fingerprint density at radius 1 is 1.15 bits per heavy atom. The molecule has 0 spiro atoms. The lowest BCUT2D eigenvalue weighted by Gasteiger charge is -2.28. The van der Waals surface area contributed by atoms with Gasteiger partial charge in [-0.3, -0.25) is 9.69 Å². The first kappa shape index (κ1) is 17.4. The lowest BCUT2D eigenvalue weighted by Crippen LogP contribution is -2.35. The number of rotatable bonds is 4. The van der Waals surface area contributed by atoms with Gasteiger partial charge in [-0.2, -0.15) is 0 Å². The summed E-state index contributed by atoms with van der Waals surface area (Å²) < 4.78 is 0. The van der Waals surface area contributed by atoms with E-state index in [0.29, 0.717) is 12.4 Å². The molecule has 3 heterocycles. The number of hydrogen-bond acceptors (Lipinski definition) is 6. The van der Waals surface area contributed by atoms with E-state index in [1.165, 1.54) is 17.6 Å². The minimum atomic E-state index is -0.0773. The van der Waals surface area contributed by atoms with Gasteiger partial charge in [0.1, 0.15) is 12.2 Å². The number of nitrogens with zero attached hydrogens (tertiary/aromatic N) is 5. The Kier molecular flexibility index (Phi) is 4.68. The molecule has 27 heavy (non-hydrogen) atoms. The van der Waals surface area contributed by atoms with Gasteiger partial charge in [0.05, 0.1) is 16.8 Å². The zero-order valence-electron chi connectivity index (χ0n) is 15.5. The Balaban J connectivity index is 1.52. The molecular weight excluding hydrogens is 340 g/mol. The second-order valence-corrected chi connectivity index (χ2v) is 6.99. The van der Waals surface area contributed by atoms with Gasteiger partial charge in [-0.1, -0.05) is 12.1 Å². The number of hydrogen-bond donors (Lipinski definition) is 1. The van der Waals surface area contributed by atoms with Gasteiger partial charge in [0.25, 0.3) is 5.56 Å². The fourth-order valence-corrected chi connectivity index (χ4v) is 3.33. The number of aromatic nitrogens is 4. The van der Waals surface area contributed by atoms with Gasteiger partial charge in [-0.25, -0.2) is 15.0 Å². The third kappa shape index (κ3) is 3.73. The largest absolute Gasteiger partial charge is 0.378 e. The number of anilines is 1. The fraction of sp³-hybridized carbons (Fsp3) is 0.300. The maximum atomic E-state index is 12.6. The van der Waals surface area contributed by atoms with Crippen LogP contribution in [0.25, 0.3) is 11.4 Å². The number of aromatic amines is 1. The fourth-order valence-electron chi connectivity index (χ4n) is 3.33. The van der Waals surface area contributed by atoms with Crippen molar-refractivity contribution < 1.29 is 0 Å². The summed E-state index contributed by atoms with van der Waals surface area (Å²) in [6.07, 6.45) is 5.53. The van der Waals surface area contributed by atoms with Crippen LogP contribution in [0.5, 0.6) is 0 Å². The van der Waals surface area contributed by atoms with E-state index < -0.39 is 0 Å². The van der Waals surface area contributed by atoms with Crippen LogP contribution in [-0.2, 0) is 19.5 Å². The summed E-state index contributed by atoms with van der Waals surface area (Å²) in [5, 5.41) is 0. The smallest absolute Gasteiger partial charge is 0.255 e. The van der Waals surface area contributed by atoms with Crippen molar-refractivity contribution in [2.45, 2.75) is 19.5 Å². The van der Waals surface area contributed by atoms with Crippen LogP contribution < -0.4 is 10.5 Å². The van der Waals surface area contributed by atoms with E-state index in [4.69, 9.17) is 0 Å². The molecule has 0 bridgehead atoms. The van der Waals surface area contributed by atoms with Gasteiger partial charge in [0, 0.05) is 58.2 Å². The highest BCUT2D eigenvalue weighted by Gasteiger charge is 2.21. The van der Waals surface area contributed by atoms with E-state index >= 15 is 0 Å². The average molecular weight is 362 g/mol. The molecule has 0 amide bonds. The maximum Gasteiger partial charge on any atom is 0.255 e. The van der Waals surface area contributed by atoms with Crippen molar-refractivity contribution in [2.75, 3.05) is 25.5 Å². The number of nitrogens with one attached hydrogen (secondary N) is 1. The van der Waals surface area contributed by atoms with Crippen molar-refractivity contribution in [3.8, 4) is 11.4 Å². The van der Waals surface area contributed by atoms with E-state index in [1.807, 2.05) is 14.1 Å². The molecule has 2 aromatic heterocycles. The van der Waals surface area contributed by atoms with Gasteiger partial charge in [0.15, 0.2) is 0 Å². The van der Waals surface area contributed by atoms with E-state index in [9.17, 15) is 4.79 Å². The summed E-state index contributed by atoms with van der Waals surface area (Å²) in [5.74, 6) is 0.534. The van der Waals surface area contributed by atoms with Crippen molar-refractivity contribution >= 4 is 5.69 Å². The number of benzene rings is 1. The summed E-state index contributed by atoms with van der Waals surface area (Å²) in [4.78, 5) is 32.5. The zero-order chi connectivity index (χ0) is 18.8. The first-order valence-corrected chi connectivity index (χ1v) is 8.96. The highest BCUT2D eigenvalue weighted by Crippen LogP contribution is 2.20. The Bertz CT molecular complexity index is 982. The molecular formula is C20H22N6O. The Labute approximate surface area is 157 Å². The van der Waals surface area contributed by atoms with Crippen LogP contribution in [0.1, 0.15) is 16.8 Å². The molecule has 138 valence electrons. The van der Waals surface area contributed by atoms with Crippen molar-refractivity contribution in [3.63, 3.8) is 0 Å². The highest BCUT2D eigenvalue weighted by molar-refractivity contribution is 5.52. The summed E-state index contributed by atoms with van der Waals surface area (Å²) in [5.41, 5.74) is 4.70. The second kappa shape index (κ2) is 7.28. The first-order valence-electron chi connectivity index (χ1n) is 8.96. The molecule has 0 atom stereocenters. The molecule has 0 radical (unpaired) electrons. The molecule has 7 heteroatoms. The molecule has 0 fully saturated rings. The van der Waals surface area contributed by atoms with Crippen LogP contribution in [0.4, 0.5) is 5.69 Å². The summed E-state index contributed by atoms with van der Waals surface area (Å²) in [7, 11) is 4.07. The van der Waals surface area contributed by atoms with E-state index in [-0.39, 0.29) is 5.56 Å². The minimum Gasteiger partial charge on any atom is -0.378 e. The van der Waals surface area contributed by atoms with Crippen LogP contribution in [-0.4, -0.2) is 45.5 Å². The standard InChI is InChI=1S/C20H22N6O/c1-25(2)16-5-3-14(4-6-16)11-26-8-7-18-17(12-26)20(27)24-19(23-18)15-9-21-13-22-10-15/h3-6,9-10,13H,7-8,11-12H2,1-2H3,(H,23,24,27). The molecule has 1 N–H and O–H groups in total. The average Bonchev–Trinajstić information content (AvgIpc) is 2.69. The first-order chi connectivity index (χ1) is 13.1. The molecule has 0 unspecified atom stereocenters. The molecule has 7 nitrogen and oxygen atoms in total. The lowest BCUT2D eigenvalue weighted by atomic mass is 10.1. The summed E-state index contributed by atoms with van der Waals surface area (Å²) >= 11 is 0. The third-order valence-electron chi connectivity index (χ3n) is 4.84. The second-order valence-electron chi connectivity index (χ2n) is 6.99. The van der Waals surface area contributed by atoms with Crippen LogP contribution in [0.3, 0.4) is 0 Å². The van der Waals surface area contributed by atoms with Crippen molar-refractivity contribution in [1.29, 1.82) is 0 Å². The summed E-state index contributed by atoms with van der Waals surface area (Å²) in [6.45, 7) is 2.31. The summed E-state index contributed by atoms with van der Waals surface area (Å²) in [6, 6.07) is 8.53. The molecule has 1 aliphatic heterocycles. The van der Waals surface area contributed by atoms with Gasteiger partial charge < -0.3 is 9.88 Å². The number of H-pyrrole nitrogens is 1. The van der Waals surface area contributed by atoms with E-state index in [0.717, 1.165) is 36.3 Å². The predicted molar refractivity (Wildman–Crippen MR) is 104 cm³/mol. The maximum absolute atomic E-state index is 12.6. The van der Waals surface area contributed by atoms with Crippen LogP contribution in [0.2, 0.25) is 0 Å². The van der Waals surface area contributed by atoms with Gasteiger partial charge in [-0.15, -0.1) is 0 Å². The lowest BCUT2D eigenvalue weighted by molar-refractivity contribution is 0.242. The molecule has 3 aromatic rings. The normalized spacial score (nSPS) is 14.0. The van der Waals surface area contributed by atoms with Crippen molar-refractivity contribution in [3.05, 3.63) is 70.2 Å².